The third kappa shape index (κ3) is 16.8. The minimum Gasteiger partial charge on any atom is -0.394 e. The molecular formula is C6H14Cl2O4. The smallest absolute Gasteiger partial charge is 0.243 e. The van der Waals surface area contributed by atoms with E-state index in [1.165, 1.54) is 0 Å². The Labute approximate surface area is 81.4 Å². The number of hydrogen-bond acceptors (Lipinski definition) is 4. The Morgan fingerprint density at radius 2 is 1.75 bits per heavy atom. The summed E-state index contributed by atoms with van der Waals surface area (Å²) in [5, 5.41) is 30.6. The molecule has 0 saturated carbocycles. The van der Waals surface area contributed by atoms with E-state index in [0.29, 0.717) is 0 Å². The number of rotatable bonds is 3. The Morgan fingerprint density at radius 1 is 1.42 bits per heavy atom. The van der Waals surface area contributed by atoms with Crippen LogP contribution in [0, 0.1) is 0 Å². The maximum atomic E-state index is 8.28. The van der Waals surface area contributed by atoms with Crippen molar-refractivity contribution < 1.29 is 20.4 Å². The van der Waals surface area contributed by atoms with Crippen LogP contribution in [0.15, 0.2) is 0 Å². The maximum absolute atomic E-state index is 8.28. The number of hydrogen-bond donors (Lipinski definition) is 4. The third-order valence-electron chi connectivity index (χ3n) is 0.839. The second kappa shape index (κ2) is 8.04. The van der Waals surface area contributed by atoms with Gasteiger partial charge in [0.2, 0.25) is 5.25 Å². The van der Waals surface area contributed by atoms with Crippen molar-refractivity contribution in [1.29, 1.82) is 0 Å². The van der Waals surface area contributed by atoms with E-state index in [-0.39, 0.29) is 18.9 Å². The fourth-order valence-corrected chi connectivity index (χ4v) is 0.146. The first-order valence-corrected chi connectivity index (χ1v) is 4.27. The molecule has 0 aliphatic rings. The number of alkyl halides is 2. The first-order valence-electron chi connectivity index (χ1n) is 3.36. The van der Waals surface area contributed by atoms with Crippen LogP contribution in [0.4, 0.5) is 0 Å². The second-order valence-electron chi connectivity index (χ2n) is 2.06. The molecule has 0 spiro atoms. The van der Waals surface area contributed by atoms with Crippen LogP contribution in [-0.4, -0.2) is 44.3 Å². The molecule has 0 aromatic heterocycles. The monoisotopic (exact) mass is 220 g/mol. The Bertz CT molecular complexity index is 90.0. The van der Waals surface area contributed by atoms with Gasteiger partial charge in [-0.15, -0.1) is 11.6 Å². The first-order chi connectivity index (χ1) is 5.37. The molecule has 0 heterocycles. The Morgan fingerprint density at radius 3 is 1.75 bits per heavy atom. The van der Waals surface area contributed by atoms with E-state index in [2.05, 4.69) is 0 Å². The van der Waals surface area contributed by atoms with Gasteiger partial charge in [0, 0.05) is 6.42 Å². The second-order valence-corrected chi connectivity index (χ2v) is 2.98. The van der Waals surface area contributed by atoms with Crippen molar-refractivity contribution in [3.63, 3.8) is 0 Å². The molecule has 12 heavy (non-hydrogen) atoms. The predicted molar refractivity (Wildman–Crippen MR) is 47.1 cm³/mol. The van der Waals surface area contributed by atoms with E-state index in [1.807, 2.05) is 0 Å². The molecule has 0 aliphatic heterocycles. The molecule has 0 fully saturated rings. The Kier molecular flexibility index (Phi) is 9.99. The van der Waals surface area contributed by atoms with Gasteiger partial charge in [-0.1, -0.05) is 18.5 Å². The van der Waals surface area contributed by atoms with Crippen molar-refractivity contribution in [2.75, 3.05) is 12.5 Å². The minimum absolute atomic E-state index is 0.108. The molecule has 0 aromatic carbocycles. The van der Waals surface area contributed by atoms with Gasteiger partial charge in [-0.25, -0.2) is 0 Å². The van der Waals surface area contributed by atoms with Gasteiger partial charge in [0.15, 0.2) is 0 Å². The zero-order chi connectivity index (χ0) is 10.2. The molecule has 1 unspecified atom stereocenters. The lowest BCUT2D eigenvalue weighted by atomic mass is 10.5. The summed E-state index contributed by atoms with van der Waals surface area (Å²) in [5.74, 6) is 0.108. The van der Waals surface area contributed by atoms with Crippen LogP contribution in [0.3, 0.4) is 0 Å². The topological polar surface area (TPSA) is 80.9 Å². The number of halogens is 2. The average molecular weight is 221 g/mol. The lowest BCUT2D eigenvalue weighted by Gasteiger charge is -2.06. The summed E-state index contributed by atoms with van der Waals surface area (Å²) in [6.07, 6.45) is -0.596. The third-order valence-corrected chi connectivity index (χ3v) is 1.46. The van der Waals surface area contributed by atoms with Crippen LogP contribution in [0.5, 0.6) is 0 Å². The van der Waals surface area contributed by atoms with Crippen LogP contribution in [0.25, 0.3) is 0 Å². The maximum Gasteiger partial charge on any atom is 0.243 e. The minimum atomic E-state index is -1.99. The molecule has 0 radical (unpaired) electrons. The van der Waals surface area contributed by atoms with E-state index in [9.17, 15) is 0 Å². The van der Waals surface area contributed by atoms with Crippen molar-refractivity contribution in [3.8, 4) is 0 Å². The first kappa shape index (κ1) is 14.9. The standard InChI is InChI=1S/2C3H7ClO2/c4-1-3(6)2-5;1-2-3(4,5)6/h3,5-6H,1-2H2;5-6H,2H2,1H3. The van der Waals surface area contributed by atoms with Gasteiger partial charge >= 0.3 is 0 Å². The van der Waals surface area contributed by atoms with Crippen LogP contribution in [0.1, 0.15) is 13.3 Å². The average Bonchev–Trinajstić information content (AvgIpc) is 2.03. The summed E-state index contributed by atoms with van der Waals surface area (Å²) in [6, 6.07) is 0. The molecule has 4 nitrogen and oxygen atoms in total. The zero-order valence-corrected chi connectivity index (χ0v) is 8.26. The predicted octanol–water partition coefficient (Wildman–Crippen LogP) is -0.148. The van der Waals surface area contributed by atoms with Crippen LogP contribution in [-0.2, 0) is 0 Å². The summed E-state index contributed by atoms with van der Waals surface area (Å²) < 4.78 is 0. The highest BCUT2D eigenvalue weighted by Gasteiger charge is 2.12. The van der Waals surface area contributed by atoms with Gasteiger partial charge in [0.05, 0.1) is 18.6 Å². The van der Waals surface area contributed by atoms with E-state index in [1.54, 1.807) is 6.92 Å². The van der Waals surface area contributed by atoms with E-state index >= 15 is 0 Å². The fourth-order valence-electron chi connectivity index (χ4n) is 0.0488. The molecule has 1 atom stereocenters. The highest BCUT2D eigenvalue weighted by molar-refractivity contribution is 6.21. The van der Waals surface area contributed by atoms with Crippen LogP contribution in [0.2, 0.25) is 0 Å². The molecule has 0 aliphatic carbocycles. The summed E-state index contributed by atoms with van der Waals surface area (Å²) >= 11 is 9.87. The van der Waals surface area contributed by atoms with Gasteiger partial charge < -0.3 is 20.4 Å². The molecule has 0 aromatic rings. The quantitative estimate of drug-likeness (QED) is 0.394. The molecule has 0 bridgehead atoms. The summed E-state index contributed by atoms with van der Waals surface area (Å²) in [5.41, 5.74) is 0. The molecular weight excluding hydrogens is 207 g/mol. The van der Waals surface area contributed by atoms with Gasteiger partial charge in [0.25, 0.3) is 0 Å². The number of aliphatic hydroxyl groups is 4. The van der Waals surface area contributed by atoms with Crippen molar-refractivity contribution in [2.24, 2.45) is 0 Å². The summed E-state index contributed by atoms with van der Waals surface area (Å²) in [4.78, 5) is 0. The number of aliphatic hydroxyl groups excluding tert-OH is 2. The van der Waals surface area contributed by atoms with Crippen molar-refractivity contribution in [3.05, 3.63) is 0 Å². The van der Waals surface area contributed by atoms with E-state index in [0.717, 1.165) is 0 Å². The Balaban J connectivity index is 0. The highest BCUT2D eigenvalue weighted by atomic mass is 35.5. The largest absolute Gasteiger partial charge is 0.394 e. The summed E-state index contributed by atoms with van der Waals surface area (Å²) in [6.45, 7) is 1.33. The Hall–Kier alpha value is 0.420. The normalized spacial score (nSPS) is 13.2. The molecule has 0 saturated heterocycles. The van der Waals surface area contributed by atoms with E-state index < -0.39 is 11.4 Å². The van der Waals surface area contributed by atoms with E-state index in [4.69, 9.17) is 43.6 Å². The van der Waals surface area contributed by atoms with Gasteiger partial charge in [0.1, 0.15) is 0 Å². The van der Waals surface area contributed by atoms with Crippen molar-refractivity contribution in [2.45, 2.75) is 24.7 Å². The van der Waals surface area contributed by atoms with Gasteiger partial charge in [-0.3, -0.25) is 0 Å². The molecule has 76 valence electrons. The van der Waals surface area contributed by atoms with Crippen LogP contribution < -0.4 is 0 Å². The fraction of sp³-hybridized carbons (Fsp3) is 1.00. The van der Waals surface area contributed by atoms with Gasteiger partial charge in [-0.05, 0) is 0 Å². The molecule has 4 N–H and O–H groups in total. The highest BCUT2D eigenvalue weighted by Crippen LogP contribution is 2.08. The van der Waals surface area contributed by atoms with Crippen LogP contribution >= 0.6 is 23.2 Å². The zero-order valence-electron chi connectivity index (χ0n) is 6.74. The lowest BCUT2D eigenvalue weighted by molar-refractivity contribution is -0.0857. The van der Waals surface area contributed by atoms with Crippen molar-refractivity contribution >= 4 is 23.2 Å². The molecule has 0 rings (SSSR count). The molecule has 0 amide bonds. The lowest BCUT2D eigenvalue weighted by Crippen LogP contribution is -2.16. The van der Waals surface area contributed by atoms with Gasteiger partial charge in [-0.2, -0.15) is 0 Å². The SMILES string of the molecule is CCC(O)(O)Cl.OCC(O)CCl. The summed E-state index contributed by atoms with van der Waals surface area (Å²) in [7, 11) is 0. The van der Waals surface area contributed by atoms with Crippen molar-refractivity contribution in [1.82, 2.24) is 0 Å². The molecule has 6 heteroatoms.